The van der Waals surface area contributed by atoms with E-state index >= 15 is 0 Å². The standard InChI is InChI=1S/C49H30N4S/c1-4-14-31(15-5-1)34-26-27-43-40(30-34)35-20-10-11-25-41(35)53(43)42-28-29-44-45-36(21-12-23-38(42)45)37-22-13-24-39(46(37)54-44)49-51-47(32-16-6-2-7-17-32)50-48(52-49)33-18-8-3-9-19-33/h1-30H. The Balaban J connectivity index is 1.10. The van der Waals surface area contributed by atoms with Gasteiger partial charge in [-0.15, -0.1) is 0 Å². The van der Waals surface area contributed by atoms with E-state index in [1.54, 1.807) is 11.8 Å². The van der Waals surface area contributed by atoms with Gasteiger partial charge in [-0.05, 0) is 58.7 Å². The van der Waals surface area contributed by atoms with E-state index in [1.807, 2.05) is 36.4 Å². The van der Waals surface area contributed by atoms with Crippen molar-refractivity contribution in [1.82, 2.24) is 19.5 Å². The molecule has 252 valence electrons. The molecule has 0 saturated heterocycles. The fourth-order valence-electron chi connectivity index (χ4n) is 7.98. The number of hydrogen-bond donors (Lipinski definition) is 0. The van der Waals surface area contributed by atoms with Gasteiger partial charge in [0.15, 0.2) is 17.5 Å². The molecule has 10 aromatic rings. The van der Waals surface area contributed by atoms with Gasteiger partial charge in [-0.25, -0.2) is 15.0 Å². The highest BCUT2D eigenvalue weighted by Gasteiger charge is 2.26. The summed E-state index contributed by atoms with van der Waals surface area (Å²) in [5, 5.41) is 4.99. The second-order valence-electron chi connectivity index (χ2n) is 13.6. The van der Waals surface area contributed by atoms with Gasteiger partial charge in [0.2, 0.25) is 0 Å². The largest absolute Gasteiger partial charge is 0.309 e. The average Bonchev–Trinajstić information content (AvgIpc) is 3.58. The van der Waals surface area contributed by atoms with Gasteiger partial charge < -0.3 is 4.57 Å². The second kappa shape index (κ2) is 12.4. The van der Waals surface area contributed by atoms with Crippen LogP contribution < -0.4 is 0 Å². The van der Waals surface area contributed by atoms with Crippen molar-refractivity contribution in [2.75, 3.05) is 0 Å². The molecule has 11 rings (SSSR count). The lowest BCUT2D eigenvalue weighted by atomic mass is 9.95. The molecule has 0 N–H and O–H groups in total. The Kier molecular flexibility index (Phi) is 7.07. The van der Waals surface area contributed by atoms with Gasteiger partial charge in [0.1, 0.15) is 0 Å². The summed E-state index contributed by atoms with van der Waals surface area (Å²) in [6.07, 6.45) is 0. The fraction of sp³-hybridized carbons (Fsp3) is 0. The number of hydrogen-bond acceptors (Lipinski definition) is 4. The molecule has 4 nitrogen and oxygen atoms in total. The van der Waals surface area contributed by atoms with E-state index in [-0.39, 0.29) is 0 Å². The minimum absolute atomic E-state index is 0.659. The highest BCUT2D eigenvalue weighted by molar-refractivity contribution is 8.00. The first-order chi connectivity index (χ1) is 26.8. The minimum atomic E-state index is 0.659. The summed E-state index contributed by atoms with van der Waals surface area (Å²) in [5.41, 5.74) is 11.3. The normalized spacial score (nSPS) is 12.0. The van der Waals surface area contributed by atoms with Crippen LogP contribution in [0.25, 0.3) is 94.7 Å². The smallest absolute Gasteiger partial charge is 0.165 e. The van der Waals surface area contributed by atoms with Crippen molar-refractivity contribution in [2.45, 2.75) is 9.79 Å². The minimum Gasteiger partial charge on any atom is -0.309 e. The molecule has 0 aliphatic carbocycles. The van der Waals surface area contributed by atoms with Crippen molar-refractivity contribution in [3.05, 3.63) is 182 Å². The van der Waals surface area contributed by atoms with Gasteiger partial charge in [-0.2, -0.15) is 0 Å². The zero-order valence-corrected chi connectivity index (χ0v) is 29.8. The van der Waals surface area contributed by atoms with Crippen LogP contribution >= 0.6 is 11.8 Å². The molecule has 0 unspecified atom stereocenters. The van der Waals surface area contributed by atoms with Crippen LogP contribution in [0.3, 0.4) is 0 Å². The third-order valence-electron chi connectivity index (χ3n) is 10.5. The first-order valence-electron chi connectivity index (χ1n) is 18.1. The molecule has 0 radical (unpaired) electrons. The van der Waals surface area contributed by atoms with E-state index in [4.69, 9.17) is 15.0 Å². The van der Waals surface area contributed by atoms with E-state index in [0.29, 0.717) is 17.5 Å². The third kappa shape index (κ3) is 4.90. The van der Waals surface area contributed by atoms with Crippen molar-refractivity contribution in [3.8, 4) is 62.1 Å². The Hall–Kier alpha value is -6.82. The zero-order chi connectivity index (χ0) is 35.6. The van der Waals surface area contributed by atoms with Crippen molar-refractivity contribution in [1.29, 1.82) is 0 Å². The number of rotatable bonds is 5. The third-order valence-corrected chi connectivity index (χ3v) is 11.7. The molecule has 2 aromatic heterocycles. The highest BCUT2D eigenvalue weighted by Crippen LogP contribution is 2.52. The van der Waals surface area contributed by atoms with Crippen LogP contribution in [0.2, 0.25) is 0 Å². The molecule has 1 aliphatic heterocycles. The van der Waals surface area contributed by atoms with E-state index in [2.05, 4.69) is 150 Å². The molecule has 3 heterocycles. The lowest BCUT2D eigenvalue weighted by Gasteiger charge is -2.24. The molecule has 5 heteroatoms. The van der Waals surface area contributed by atoms with Gasteiger partial charge in [0, 0.05) is 48.0 Å². The summed E-state index contributed by atoms with van der Waals surface area (Å²) < 4.78 is 2.44. The molecule has 0 fully saturated rings. The van der Waals surface area contributed by atoms with Crippen LogP contribution in [0, 0.1) is 0 Å². The summed E-state index contributed by atoms with van der Waals surface area (Å²) in [6.45, 7) is 0. The monoisotopic (exact) mass is 706 g/mol. The summed E-state index contributed by atoms with van der Waals surface area (Å²) in [5.74, 6) is 1.98. The number of fused-ring (bicyclic) bond motifs is 5. The lowest BCUT2D eigenvalue weighted by molar-refractivity contribution is 1.07. The fourth-order valence-corrected chi connectivity index (χ4v) is 9.22. The number of benzene rings is 8. The Bertz CT molecular complexity index is 3010. The van der Waals surface area contributed by atoms with Crippen LogP contribution in [0.4, 0.5) is 0 Å². The second-order valence-corrected chi connectivity index (χ2v) is 14.6. The van der Waals surface area contributed by atoms with Gasteiger partial charge in [-0.3, -0.25) is 0 Å². The molecule has 0 amide bonds. The zero-order valence-electron chi connectivity index (χ0n) is 29.0. The molecule has 54 heavy (non-hydrogen) atoms. The molecule has 8 aromatic carbocycles. The molecule has 1 aliphatic rings. The van der Waals surface area contributed by atoms with Gasteiger partial charge in [0.25, 0.3) is 0 Å². The maximum absolute atomic E-state index is 5.10. The Morgan fingerprint density at radius 3 is 1.69 bits per heavy atom. The predicted octanol–water partition coefficient (Wildman–Crippen LogP) is 12.9. The Morgan fingerprint density at radius 1 is 0.370 bits per heavy atom. The quantitative estimate of drug-likeness (QED) is 0.179. The first kappa shape index (κ1) is 30.8. The molecule has 0 spiro atoms. The summed E-state index contributed by atoms with van der Waals surface area (Å²) >= 11 is 1.80. The number of aromatic nitrogens is 4. The van der Waals surface area contributed by atoms with Crippen molar-refractivity contribution in [3.63, 3.8) is 0 Å². The van der Waals surface area contributed by atoms with Gasteiger partial charge in [-0.1, -0.05) is 157 Å². The first-order valence-corrected chi connectivity index (χ1v) is 18.9. The Labute approximate surface area is 316 Å². The van der Waals surface area contributed by atoms with E-state index in [0.717, 1.165) is 21.6 Å². The number of para-hydroxylation sites is 1. The average molecular weight is 707 g/mol. The maximum Gasteiger partial charge on any atom is 0.165 e. The summed E-state index contributed by atoms with van der Waals surface area (Å²) in [4.78, 5) is 17.5. The van der Waals surface area contributed by atoms with Crippen LogP contribution in [-0.4, -0.2) is 19.5 Å². The maximum atomic E-state index is 5.10. The molecule has 0 bridgehead atoms. The van der Waals surface area contributed by atoms with Crippen LogP contribution in [0.5, 0.6) is 0 Å². The summed E-state index contributed by atoms with van der Waals surface area (Å²) in [6, 6.07) is 64.4. The molecular formula is C49H30N4S. The van der Waals surface area contributed by atoms with Crippen molar-refractivity contribution < 1.29 is 0 Å². The molecule has 0 saturated carbocycles. The molecular weight excluding hydrogens is 677 g/mol. The van der Waals surface area contributed by atoms with Gasteiger partial charge in [0.05, 0.1) is 16.7 Å². The predicted molar refractivity (Wildman–Crippen MR) is 223 cm³/mol. The van der Waals surface area contributed by atoms with Gasteiger partial charge >= 0.3 is 0 Å². The number of nitrogens with zero attached hydrogens (tertiary/aromatic N) is 4. The highest BCUT2D eigenvalue weighted by atomic mass is 32.2. The van der Waals surface area contributed by atoms with Crippen LogP contribution in [-0.2, 0) is 0 Å². The van der Waals surface area contributed by atoms with Crippen molar-refractivity contribution in [2.24, 2.45) is 0 Å². The lowest BCUT2D eigenvalue weighted by Crippen LogP contribution is -2.03. The van der Waals surface area contributed by atoms with E-state index in [9.17, 15) is 0 Å². The van der Waals surface area contributed by atoms with Crippen LogP contribution in [0.15, 0.2) is 192 Å². The van der Waals surface area contributed by atoms with E-state index in [1.165, 1.54) is 65.4 Å². The van der Waals surface area contributed by atoms with E-state index < -0.39 is 0 Å². The SMILES string of the molecule is c1ccc(-c2ccc3c(c2)c2ccccc2n3-c2ccc3c4c(cccc24)-c2cccc(-c4nc(-c5ccccc5)nc(-c5ccccc5)n4)c2S3)cc1. The topological polar surface area (TPSA) is 43.6 Å². The van der Waals surface area contributed by atoms with Crippen molar-refractivity contribution >= 4 is 44.3 Å². The molecule has 0 atom stereocenters. The summed E-state index contributed by atoms with van der Waals surface area (Å²) in [7, 11) is 0. The van der Waals surface area contributed by atoms with Crippen LogP contribution in [0.1, 0.15) is 0 Å². The Morgan fingerprint density at radius 2 is 0.944 bits per heavy atom.